The van der Waals surface area contributed by atoms with E-state index in [2.05, 4.69) is 10.0 Å². The van der Waals surface area contributed by atoms with Crippen LogP contribution in [0, 0.1) is 0 Å². The number of benzene rings is 1. The van der Waals surface area contributed by atoms with Gasteiger partial charge in [0.1, 0.15) is 0 Å². The number of nitrogens with one attached hydrogen (secondary N) is 2. The van der Waals surface area contributed by atoms with Crippen LogP contribution in [-0.4, -0.2) is 47.7 Å². The summed E-state index contributed by atoms with van der Waals surface area (Å²) in [5.41, 5.74) is 5.67. The van der Waals surface area contributed by atoms with E-state index in [-0.39, 0.29) is 29.8 Å². The van der Waals surface area contributed by atoms with E-state index in [1.54, 1.807) is 0 Å². The van der Waals surface area contributed by atoms with Crippen LogP contribution in [0.3, 0.4) is 0 Å². The summed E-state index contributed by atoms with van der Waals surface area (Å²) in [6.45, 7) is 1.20. The molecule has 0 saturated heterocycles. The van der Waals surface area contributed by atoms with Crippen molar-refractivity contribution in [2.75, 3.05) is 33.4 Å². The Morgan fingerprint density at radius 1 is 1.24 bits per heavy atom. The normalized spacial score (nSPS) is 10.8. The third-order valence-electron chi connectivity index (χ3n) is 2.45. The highest BCUT2D eigenvalue weighted by Gasteiger charge is 2.14. The van der Waals surface area contributed by atoms with Crippen molar-refractivity contribution >= 4 is 28.3 Å². The summed E-state index contributed by atoms with van der Waals surface area (Å²) in [5.74, 6) is -0.285. The summed E-state index contributed by atoms with van der Waals surface area (Å²) in [5, 5.41) is 2.60. The Bertz CT molecular complexity index is 534. The van der Waals surface area contributed by atoms with Gasteiger partial charge in [-0.2, -0.15) is 0 Å². The van der Waals surface area contributed by atoms with Gasteiger partial charge in [-0.1, -0.05) is 0 Å². The maximum absolute atomic E-state index is 11.9. The highest BCUT2D eigenvalue weighted by molar-refractivity contribution is 7.89. The van der Waals surface area contributed by atoms with Crippen molar-refractivity contribution < 1.29 is 17.9 Å². The zero-order chi connectivity index (χ0) is 15.0. The summed E-state index contributed by atoms with van der Waals surface area (Å²) >= 11 is 0. The average Bonchev–Trinajstić information content (AvgIpc) is 2.45. The summed E-state index contributed by atoms with van der Waals surface area (Å²) in [6, 6.07) is 5.67. The van der Waals surface area contributed by atoms with Gasteiger partial charge in [0.2, 0.25) is 10.0 Å². The third kappa shape index (κ3) is 6.40. The SMILES string of the molecule is COCCNS(=O)(=O)c1ccc(C(=O)NCCN)cc1.Cl. The highest BCUT2D eigenvalue weighted by Crippen LogP contribution is 2.10. The van der Waals surface area contributed by atoms with Gasteiger partial charge in [0.05, 0.1) is 11.5 Å². The van der Waals surface area contributed by atoms with Crippen molar-refractivity contribution in [1.82, 2.24) is 10.0 Å². The summed E-state index contributed by atoms with van der Waals surface area (Å²) in [7, 11) is -2.08. The fourth-order valence-corrected chi connectivity index (χ4v) is 2.45. The van der Waals surface area contributed by atoms with E-state index in [1.165, 1.54) is 31.4 Å². The van der Waals surface area contributed by atoms with E-state index in [4.69, 9.17) is 10.5 Å². The molecule has 0 aliphatic heterocycles. The van der Waals surface area contributed by atoms with Crippen LogP contribution in [-0.2, 0) is 14.8 Å². The largest absolute Gasteiger partial charge is 0.383 e. The van der Waals surface area contributed by atoms with Crippen LogP contribution in [0.5, 0.6) is 0 Å². The second-order valence-corrected chi connectivity index (χ2v) is 5.73. The molecule has 0 bridgehead atoms. The number of methoxy groups -OCH3 is 1. The third-order valence-corrected chi connectivity index (χ3v) is 3.93. The minimum absolute atomic E-state index is 0. The van der Waals surface area contributed by atoms with Crippen LogP contribution in [0.1, 0.15) is 10.4 Å². The van der Waals surface area contributed by atoms with Crippen LogP contribution in [0.15, 0.2) is 29.2 Å². The predicted molar refractivity (Wildman–Crippen MR) is 82.1 cm³/mol. The number of hydrogen-bond acceptors (Lipinski definition) is 5. The zero-order valence-corrected chi connectivity index (χ0v) is 13.3. The van der Waals surface area contributed by atoms with Crippen LogP contribution in [0.25, 0.3) is 0 Å². The van der Waals surface area contributed by atoms with Crippen molar-refractivity contribution in [3.8, 4) is 0 Å². The molecule has 0 atom stereocenters. The van der Waals surface area contributed by atoms with E-state index >= 15 is 0 Å². The van der Waals surface area contributed by atoms with E-state index < -0.39 is 10.0 Å². The molecule has 0 heterocycles. The van der Waals surface area contributed by atoms with Gasteiger partial charge in [-0.05, 0) is 24.3 Å². The van der Waals surface area contributed by atoms with E-state index in [1.807, 2.05) is 0 Å². The van der Waals surface area contributed by atoms with E-state index in [0.29, 0.717) is 25.3 Å². The molecule has 4 N–H and O–H groups in total. The van der Waals surface area contributed by atoms with Gasteiger partial charge in [0.15, 0.2) is 0 Å². The van der Waals surface area contributed by atoms with Gasteiger partial charge >= 0.3 is 0 Å². The zero-order valence-electron chi connectivity index (χ0n) is 11.7. The maximum Gasteiger partial charge on any atom is 0.251 e. The molecule has 0 spiro atoms. The molecule has 120 valence electrons. The Morgan fingerprint density at radius 2 is 1.86 bits per heavy atom. The molecule has 0 radical (unpaired) electrons. The first-order valence-electron chi connectivity index (χ1n) is 6.08. The standard InChI is InChI=1S/C12H19N3O4S.ClH/c1-19-9-8-15-20(17,18)11-4-2-10(3-5-11)12(16)14-7-6-13;/h2-5,15H,6-9,13H2,1H3,(H,14,16);1H. The van der Waals surface area contributed by atoms with Gasteiger partial charge in [0, 0.05) is 32.3 Å². The lowest BCUT2D eigenvalue weighted by Crippen LogP contribution is -2.29. The molecular formula is C12H20ClN3O4S. The highest BCUT2D eigenvalue weighted by atomic mass is 35.5. The van der Waals surface area contributed by atoms with Crippen LogP contribution in [0.4, 0.5) is 0 Å². The number of rotatable bonds is 8. The van der Waals surface area contributed by atoms with Gasteiger partial charge in [0.25, 0.3) is 5.91 Å². The number of amides is 1. The maximum atomic E-state index is 11.9. The topological polar surface area (TPSA) is 111 Å². The molecule has 21 heavy (non-hydrogen) atoms. The molecule has 9 heteroatoms. The van der Waals surface area contributed by atoms with Crippen molar-refractivity contribution in [2.24, 2.45) is 5.73 Å². The number of halogens is 1. The van der Waals surface area contributed by atoms with Gasteiger partial charge in [-0.3, -0.25) is 4.79 Å². The van der Waals surface area contributed by atoms with E-state index in [9.17, 15) is 13.2 Å². The lowest BCUT2D eigenvalue weighted by atomic mass is 10.2. The first-order chi connectivity index (χ1) is 9.51. The Hall–Kier alpha value is -1.19. The summed E-state index contributed by atoms with van der Waals surface area (Å²) < 4.78 is 30.9. The van der Waals surface area contributed by atoms with Gasteiger partial charge < -0.3 is 15.8 Å². The Kier molecular flexibility index (Phi) is 9.14. The molecule has 1 rings (SSSR count). The lowest BCUT2D eigenvalue weighted by Gasteiger charge is -2.07. The monoisotopic (exact) mass is 337 g/mol. The number of carbonyl (C=O) groups excluding carboxylic acids is 1. The molecule has 1 amide bonds. The number of ether oxygens (including phenoxy) is 1. The van der Waals surface area contributed by atoms with Crippen LogP contribution < -0.4 is 15.8 Å². The molecular weight excluding hydrogens is 318 g/mol. The Balaban J connectivity index is 0.00000400. The minimum atomic E-state index is -3.57. The quantitative estimate of drug-likeness (QED) is 0.565. The fourth-order valence-electron chi connectivity index (χ4n) is 1.43. The molecule has 1 aromatic carbocycles. The van der Waals surface area contributed by atoms with Crippen molar-refractivity contribution in [1.29, 1.82) is 0 Å². The summed E-state index contributed by atoms with van der Waals surface area (Å²) in [4.78, 5) is 11.7. The number of carbonyl (C=O) groups is 1. The van der Waals surface area contributed by atoms with Crippen molar-refractivity contribution in [3.63, 3.8) is 0 Å². The number of sulfonamides is 1. The predicted octanol–water partition coefficient (Wildman–Crippen LogP) is -0.278. The Labute approximate surface area is 130 Å². The molecule has 0 aliphatic rings. The van der Waals surface area contributed by atoms with Gasteiger partial charge in [-0.15, -0.1) is 12.4 Å². The minimum Gasteiger partial charge on any atom is -0.383 e. The molecule has 7 nitrogen and oxygen atoms in total. The smallest absolute Gasteiger partial charge is 0.251 e. The molecule has 1 aromatic rings. The Morgan fingerprint density at radius 3 is 2.38 bits per heavy atom. The van der Waals surface area contributed by atoms with Crippen molar-refractivity contribution in [2.45, 2.75) is 4.90 Å². The van der Waals surface area contributed by atoms with Gasteiger partial charge in [-0.25, -0.2) is 13.1 Å². The van der Waals surface area contributed by atoms with Crippen LogP contribution in [0.2, 0.25) is 0 Å². The second kappa shape index (κ2) is 9.69. The number of hydrogen-bond donors (Lipinski definition) is 3. The molecule has 0 aromatic heterocycles. The average molecular weight is 338 g/mol. The second-order valence-electron chi connectivity index (χ2n) is 3.96. The van der Waals surface area contributed by atoms with E-state index in [0.717, 1.165) is 0 Å². The summed E-state index contributed by atoms with van der Waals surface area (Å²) in [6.07, 6.45) is 0. The molecule has 0 aliphatic carbocycles. The first-order valence-corrected chi connectivity index (χ1v) is 7.56. The van der Waals surface area contributed by atoms with Crippen molar-refractivity contribution in [3.05, 3.63) is 29.8 Å². The molecule has 0 fully saturated rings. The number of nitrogens with two attached hydrogens (primary N) is 1. The fraction of sp³-hybridized carbons (Fsp3) is 0.417. The molecule has 0 unspecified atom stereocenters. The molecule has 0 saturated carbocycles. The van der Waals surface area contributed by atoms with Crippen LogP contribution >= 0.6 is 12.4 Å². The lowest BCUT2D eigenvalue weighted by molar-refractivity contribution is 0.0954. The first kappa shape index (κ1) is 19.8.